The van der Waals surface area contributed by atoms with Gasteiger partial charge in [0, 0.05) is 32.7 Å². The molecule has 0 aromatic rings. The van der Waals surface area contributed by atoms with Crippen LogP contribution in [-0.2, 0) is 4.74 Å². The van der Waals surface area contributed by atoms with Crippen LogP contribution in [0.3, 0.4) is 0 Å². The summed E-state index contributed by atoms with van der Waals surface area (Å²) in [4.78, 5) is 4.85. The topological polar surface area (TPSA) is 15.7 Å². The van der Waals surface area contributed by atoms with E-state index in [9.17, 15) is 0 Å². The lowest BCUT2D eigenvalue weighted by molar-refractivity contribution is 0.164. The summed E-state index contributed by atoms with van der Waals surface area (Å²) in [7, 11) is 3.82. The van der Waals surface area contributed by atoms with E-state index in [-0.39, 0.29) is 0 Å². The van der Waals surface area contributed by atoms with Crippen LogP contribution in [0.25, 0.3) is 0 Å². The molecule has 3 heteroatoms. The fraction of sp³-hybridized carbons (Fsp3) is 0.571. The maximum atomic E-state index is 5.02. The number of piperazine rings is 1. The van der Waals surface area contributed by atoms with Crippen molar-refractivity contribution in [3.63, 3.8) is 0 Å². The predicted octanol–water partition coefficient (Wildman–Crippen LogP) is 1.90. The molecule has 0 aromatic heterocycles. The number of hydrogen-bond acceptors (Lipinski definition) is 3. The molecule has 1 heterocycles. The van der Waals surface area contributed by atoms with Crippen LogP contribution in [0.1, 0.15) is 6.92 Å². The van der Waals surface area contributed by atoms with E-state index in [0.717, 1.165) is 32.7 Å². The van der Waals surface area contributed by atoms with Crippen LogP contribution in [0.5, 0.6) is 0 Å². The highest BCUT2D eigenvalue weighted by molar-refractivity contribution is 5.24. The molecule has 1 fully saturated rings. The molecule has 0 amide bonds. The van der Waals surface area contributed by atoms with Crippen molar-refractivity contribution in [1.82, 2.24) is 9.80 Å². The van der Waals surface area contributed by atoms with E-state index in [1.54, 1.807) is 7.11 Å². The Morgan fingerprint density at radius 3 is 2.41 bits per heavy atom. The zero-order chi connectivity index (χ0) is 12.7. The van der Waals surface area contributed by atoms with Gasteiger partial charge in [-0.1, -0.05) is 18.7 Å². The van der Waals surface area contributed by atoms with E-state index in [2.05, 4.69) is 42.5 Å². The molecule has 0 aromatic carbocycles. The molecule has 1 aliphatic rings. The molecule has 0 spiro atoms. The number of methoxy groups -OCH3 is 1. The summed E-state index contributed by atoms with van der Waals surface area (Å²) in [6.07, 6.45) is 6.16. The van der Waals surface area contributed by atoms with Crippen LogP contribution in [0.4, 0.5) is 0 Å². The van der Waals surface area contributed by atoms with Crippen molar-refractivity contribution in [2.45, 2.75) is 6.92 Å². The van der Waals surface area contributed by atoms with Gasteiger partial charge in [0.1, 0.15) is 5.76 Å². The molecular weight excluding hydrogens is 212 g/mol. The SMILES string of the molecule is C=C(/C=C\C(=C/C)CN1CCN(C)CC1)OC. The van der Waals surface area contributed by atoms with Crippen LogP contribution in [0.15, 0.2) is 36.1 Å². The second-order valence-corrected chi connectivity index (χ2v) is 4.45. The summed E-state index contributed by atoms with van der Waals surface area (Å²) in [5, 5.41) is 0. The molecule has 0 unspecified atom stereocenters. The van der Waals surface area contributed by atoms with Gasteiger partial charge in [0.2, 0.25) is 0 Å². The first kappa shape index (κ1) is 14.0. The highest BCUT2D eigenvalue weighted by Crippen LogP contribution is 2.07. The zero-order valence-corrected chi connectivity index (χ0v) is 11.3. The van der Waals surface area contributed by atoms with E-state index >= 15 is 0 Å². The van der Waals surface area contributed by atoms with Crippen molar-refractivity contribution in [3.8, 4) is 0 Å². The fourth-order valence-electron chi connectivity index (χ4n) is 1.77. The van der Waals surface area contributed by atoms with Crippen LogP contribution in [0, 0.1) is 0 Å². The molecule has 3 nitrogen and oxygen atoms in total. The quantitative estimate of drug-likeness (QED) is 0.535. The summed E-state index contributed by atoms with van der Waals surface area (Å²) in [6, 6.07) is 0. The normalized spacial score (nSPS) is 19.8. The van der Waals surface area contributed by atoms with Gasteiger partial charge in [0.15, 0.2) is 0 Å². The molecule has 0 N–H and O–H groups in total. The number of likely N-dealkylation sites (N-methyl/N-ethyl adjacent to an activating group) is 1. The Morgan fingerprint density at radius 1 is 1.24 bits per heavy atom. The Hall–Kier alpha value is -1.06. The average Bonchev–Trinajstić information content (AvgIpc) is 2.36. The molecule has 0 radical (unpaired) electrons. The number of ether oxygens (including phenoxy) is 1. The fourth-order valence-corrected chi connectivity index (χ4v) is 1.77. The molecule has 0 aliphatic carbocycles. The Bertz CT molecular complexity index is 299. The number of allylic oxidation sites excluding steroid dienone is 2. The Balaban J connectivity index is 2.42. The molecule has 0 atom stereocenters. The monoisotopic (exact) mass is 236 g/mol. The van der Waals surface area contributed by atoms with Gasteiger partial charge in [-0.3, -0.25) is 4.90 Å². The highest BCUT2D eigenvalue weighted by atomic mass is 16.5. The molecule has 1 saturated heterocycles. The molecule has 17 heavy (non-hydrogen) atoms. The van der Waals surface area contributed by atoms with Crippen molar-refractivity contribution in [1.29, 1.82) is 0 Å². The van der Waals surface area contributed by atoms with Crippen molar-refractivity contribution in [3.05, 3.63) is 36.1 Å². The highest BCUT2D eigenvalue weighted by Gasteiger charge is 2.13. The van der Waals surface area contributed by atoms with E-state index in [1.807, 2.05) is 6.08 Å². The van der Waals surface area contributed by atoms with Crippen molar-refractivity contribution in [2.24, 2.45) is 0 Å². The average molecular weight is 236 g/mol. The van der Waals surface area contributed by atoms with Gasteiger partial charge >= 0.3 is 0 Å². The predicted molar refractivity (Wildman–Crippen MR) is 73.0 cm³/mol. The minimum Gasteiger partial charge on any atom is -0.497 e. The summed E-state index contributed by atoms with van der Waals surface area (Å²) in [5.74, 6) is 0.697. The van der Waals surface area contributed by atoms with Gasteiger partial charge in [0.05, 0.1) is 7.11 Å². The lowest BCUT2D eigenvalue weighted by Crippen LogP contribution is -2.44. The van der Waals surface area contributed by atoms with Crippen LogP contribution in [-0.4, -0.2) is 56.7 Å². The number of hydrogen-bond donors (Lipinski definition) is 0. The van der Waals surface area contributed by atoms with Crippen LogP contribution in [0.2, 0.25) is 0 Å². The first-order valence-electron chi connectivity index (χ1n) is 6.12. The summed E-state index contributed by atoms with van der Waals surface area (Å²) in [5.41, 5.74) is 1.31. The summed E-state index contributed by atoms with van der Waals surface area (Å²) < 4.78 is 5.02. The first-order chi connectivity index (χ1) is 8.15. The minimum absolute atomic E-state index is 0.697. The molecular formula is C14H24N2O. The Kier molecular flexibility index (Phi) is 6.01. The second-order valence-electron chi connectivity index (χ2n) is 4.45. The van der Waals surface area contributed by atoms with Crippen molar-refractivity contribution in [2.75, 3.05) is 46.9 Å². The number of rotatable bonds is 5. The molecule has 96 valence electrons. The van der Waals surface area contributed by atoms with E-state index < -0.39 is 0 Å². The third-order valence-electron chi connectivity index (χ3n) is 3.12. The smallest absolute Gasteiger partial charge is 0.111 e. The summed E-state index contributed by atoms with van der Waals surface area (Å²) >= 11 is 0. The van der Waals surface area contributed by atoms with Crippen LogP contribution >= 0.6 is 0 Å². The van der Waals surface area contributed by atoms with Gasteiger partial charge in [-0.25, -0.2) is 0 Å². The van der Waals surface area contributed by atoms with Gasteiger partial charge in [-0.2, -0.15) is 0 Å². The van der Waals surface area contributed by atoms with E-state index in [4.69, 9.17) is 4.74 Å². The van der Waals surface area contributed by atoms with Crippen molar-refractivity contribution < 1.29 is 4.74 Å². The molecule has 0 bridgehead atoms. The van der Waals surface area contributed by atoms with Gasteiger partial charge < -0.3 is 9.64 Å². The maximum Gasteiger partial charge on any atom is 0.111 e. The largest absolute Gasteiger partial charge is 0.497 e. The van der Waals surface area contributed by atoms with E-state index in [1.165, 1.54) is 5.57 Å². The Morgan fingerprint density at radius 2 is 1.88 bits per heavy atom. The zero-order valence-electron chi connectivity index (χ0n) is 11.3. The summed E-state index contributed by atoms with van der Waals surface area (Å²) in [6.45, 7) is 11.5. The molecule has 1 rings (SSSR count). The van der Waals surface area contributed by atoms with Crippen LogP contribution < -0.4 is 0 Å². The third-order valence-corrected chi connectivity index (χ3v) is 3.12. The van der Waals surface area contributed by atoms with Crippen molar-refractivity contribution >= 4 is 0 Å². The third kappa shape index (κ3) is 5.20. The van der Waals surface area contributed by atoms with E-state index in [0.29, 0.717) is 5.76 Å². The molecule has 1 aliphatic heterocycles. The van der Waals surface area contributed by atoms with Gasteiger partial charge in [-0.05, 0) is 25.6 Å². The standard InChI is InChI=1S/C14H24N2O/c1-5-14(7-6-13(2)17-4)12-16-10-8-15(3)9-11-16/h5-7H,2,8-12H2,1,3-4H3/b7-6-,14-5+. The first-order valence-corrected chi connectivity index (χ1v) is 6.12. The Labute approximate surface area is 105 Å². The lowest BCUT2D eigenvalue weighted by atomic mass is 10.2. The van der Waals surface area contributed by atoms with Gasteiger partial charge in [-0.15, -0.1) is 0 Å². The van der Waals surface area contributed by atoms with Gasteiger partial charge in [0.25, 0.3) is 0 Å². The molecule has 0 saturated carbocycles. The lowest BCUT2D eigenvalue weighted by Gasteiger charge is -2.32. The second kappa shape index (κ2) is 7.30. The maximum absolute atomic E-state index is 5.02. The minimum atomic E-state index is 0.697. The number of nitrogens with zero attached hydrogens (tertiary/aromatic N) is 2.